The highest BCUT2D eigenvalue weighted by atomic mass is 16.2. The Morgan fingerprint density at radius 3 is 2.56 bits per heavy atom. The Morgan fingerprint density at radius 1 is 1.15 bits per heavy atom. The number of amides is 1. The predicted molar refractivity (Wildman–Crippen MR) is 104 cm³/mol. The van der Waals surface area contributed by atoms with Crippen molar-refractivity contribution in [2.75, 3.05) is 26.2 Å². The highest BCUT2D eigenvalue weighted by Gasteiger charge is 2.19. The lowest BCUT2D eigenvalue weighted by Crippen LogP contribution is -2.39. The van der Waals surface area contributed by atoms with Gasteiger partial charge in [0.2, 0.25) is 0 Å². The van der Waals surface area contributed by atoms with Crippen LogP contribution < -0.4 is 16.6 Å². The number of rotatable bonds is 5. The van der Waals surface area contributed by atoms with Gasteiger partial charge in [0.05, 0.1) is 10.9 Å². The Morgan fingerprint density at radius 2 is 1.85 bits per heavy atom. The average molecular weight is 373 g/mol. The first kappa shape index (κ1) is 19.3. The first-order chi connectivity index (χ1) is 12.9. The number of aromatic nitrogens is 3. The Hall–Kier alpha value is -2.48. The molecule has 2 aromatic rings. The number of hydrogen-bond acceptors (Lipinski definition) is 5. The van der Waals surface area contributed by atoms with Crippen molar-refractivity contribution in [1.29, 1.82) is 0 Å². The maximum Gasteiger partial charge on any atom is 0.332 e. The molecule has 1 saturated heterocycles. The fraction of sp³-hybridized carbons (Fsp3) is 0.579. The Balaban J connectivity index is 1.80. The minimum atomic E-state index is -0.501. The molecular formula is C19H27N5O3. The van der Waals surface area contributed by atoms with Crippen molar-refractivity contribution in [3.8, 4) is 0 Å². The van der Waals surface area contributed by atoms with Crippen LogP contribution >= 0.6 is 0 Å². The molecule has 8 heteroatoms. The molecule has 27 heavy (non-hydrogen) atoms. The van der Waals surface area contributed by atoms with Gasteiger partial charge in [-0.3, -0.25) is 18.7 Å². The first-order valence-electron chi connectivity index (χ1n) is 9.48. The standard InChI is InChI=1S/C19H27N5O3/c1-13-12-14(15-16(21-13)22(2)19(27)23(3)18(15)26)17(25)20-8-7-11-24-9-5-4-6-10-24/h12H,4-11H2,1-3H3,(H,20,25). The molecule has 0 atom stereocenters. The Bertz CT molecular complexity index is 970. The summed E-state index contributed by atoms with van der Waals surface area (Å²) in [4.78, 5) is 44.2. The molecule has 0 aliphatic carbocycles. The van der Waals surface area contributed by atoms with Crippen molar-refractivity contribution < 1.29 is 4.79 Å². The van der Waals surface area contributed by atoms with Crippen LogP contribution in [0.25, 0.3) is 11.0 Å². The molecular weight excluding hydrogens is 346 g/mol. The van der Waals surface area contributed by atoms with E-state index in [1.807, 2.05) is 0 Å². The minimum Gasteiger partial charge on any atom is -0.352 e. The van der Waals surface area contributed by atoms with Crippen molar-refractivity contribution in [1.82, 2.24) is 24.3 Å². The predicted octanol–water partition coefficient (Wildman–Crippen LogP) is 0.546. The van der Waals surface area contributed by atoms with Crippen molar-refractivity contribution in [3.63, 3.8) is 0 Å². The third kappa shape index (κ3) is 3.95. The molecule has 1 fully saturated rings. The lowest BCUT2D eigenvalue weighted by Gasteiger charge is -2.26. The van der Waals surface area contributed by atoms with E-state index < -0.39 is 11.2 Å². The molecule has 1 aliphatic heterocycles. The molecule has 1 aliphatic rings. The lowest BCUT2D eigenvalue weighted by atomic mass is 10.1. The van der Waals surface area contributed by atoms with Crippen LogP contribution in [0.5, 0.6) is 0 Å². The van der Waals surface area contributed by atoms with Crippen molar-refractivity contribution in [2.45, 2.75) is 32.6 Å². The summed E-state index contributed by atoms with van der Waals surface area (Å²) in [6.07, 6.45) is 4.66. The number of nitrogens with zero attached hydrogens (tertiary/aromatic N) is 4. The van der Waals surface area contributed by atoms with Gasteiger partial charge in [-0.15, -0.1) is 0 Å². The summed E-state index contributed by atoms with van der Waals surface area (Å²) in [5.74, 6) is -0.306. The number of likely N-dealkylation sites (tertiary alicyclic amines) is 1. The molecule has 0 aromatic carbocycles. The number of hydrogen-bond donors (Lipinski definition) is 1. The normalized spacial score (nSPS) is 15.2. The van der Waals surface area contributed by atoms with Gasteiger partial charge in [-0.05, 0) is 51.9 Å². The van der Waals surface area contributed by atoms with E-state index in [1.165, 1.54) is 30.9 Å². The summed E-state index contributed by atoms with van der Waals surface area (Å²) in [5.41, 5.74) is 0.134. The van der Waals surface area contributed by atoms with Crippen LogP contribution in [0, 0.1) is 6.92 Å². The number of nitrogens with one attached hydrogen (secondary N) is 1. The van der Waals surface area contributed by atoms with Gasteiger partial charge in [0.1, 0.15) is 5.65 Å². The van der Waals surface area contributed by atoms with E-state index in [0.717, 1.165) is 30.6 Å². The van der Waals surface area contributed by atoms with Gasteiger partial charge < -0.3 is 10.2 Å². The van der Waals surface area contributed by atoms with E-state index in [4.69, 9.17) is 0 Å². The van der Waals surface area contributed by atoms with Crippen LogP contribution in [0.4, 0.5) is 0 Å². The van der Waals surface area contributed by atoms with Crippen molar-refractivity contribution >= 4 is 16.9 Å². The second-order valence-corrected chi connectivity index (χ2v) is 7.23. The topological polar surface area (TPSA) is 89.2 Å². The molecule has 0 unspecified atom stereocenters. The maximum absolute atomic E-state index is 12.7. The fourth-order valence-electron chi connectivity index (χ4n) is 3.64. The van der Waals surface area contributed by atoms with E-state index in [9.17, 15) is 14.4 Å². The molecule has 1 amide bonds. The fourth-order valence-corrected chi connectivity index (χ4v) is 3.64. The Kier molecular flexibility index (Phi) is 5.74. The number of pyridine rings is 1. The molecule has 0 saturated carbocycles. The maximum atomic E-state index is 12.7. The smallest absolute Gasteiger partial charge is 0.332 e. The highest BCUT2D eigenvalue weighted by Crippen LogP contribution is 2.13. The van der Waals surface area contributed by atoms with Crippen LogP contribution in [0.2, 0.25) is 0 Å². The van der Waals surface area contributed by atoms with Crippen molar-refractivity contribution in [3.05, 3.63) is 38.2 Å². The molecule has 0 bridgehead atoms. The van der Waals surface area contributed by atoms with Crippen LogP contribution in [0.3, 0.4) is 0 Å². The monoisotopic (exact) mass is 373 g/mol. The van der Waals surface area contributed by atoms with Gasteiger partial charge in [-0.2, -0.15) is 0 Å². The third-order valence-electron chi connectivity index (χ3n) is 5.17. The Labute approximate surface area is 157 Å². The number of carbonyl (C=O) groups excluding carboxylic acids is 1. The van der Waals surface area contributed by atoms with E-state index >= 15 is 0 Å². The van der Waals surface area contributed by atoms with E-state index in [0.29, 0.717) is 12.2 Å². The largest absolute Gasteiger partial charge is 0.352 e. The molecule has 3 rings (SSSR count). The van der Waals surface area contributed by atoms with E-state index in [-0.39, 0.29) is 22.5 Å². The molecule has 146 valence electrons. The summed E-state index contributed by atoms with van der Waals surface area (Å²) in [6, 6.07) is 1.61. The van der Waals surface area contributed by atoms with Crippen LogP contribution in [-0.2, 0) is 14.1 Å². The zero-order chi connectivity index (χ0) is 19.6. The number of carbonyl (C=O) groups is 1. The first-order valence-corrected chi connectivity index (χ1v) is 9.48. The van der Waals surface area contributed by atoms with Crippen LogP contribution in [0.1, 0.15) is 41.7 Å². The van der Waals surface area contributed by atoms with Crippen LogP contribution in [0.15, 0.2) is 15.7 Å². The average Bonchev–Trinajstić information content (AvgIpc) is 2.68. The van der Waals surface area contributed by atoms with Gasteiger partial charge in [0, 0.05) is 26.3 Å². The number of fused-ring (bicyclic) bond motifs is 1. The second kappa shape index (κ2) is 8.04. The second-order valence-electron chi connectivity index (χ2n) is 7.23. The molecule has 8 nitrogen and oxygen atoms in total. The summed E-state index contributed by atoms with van der Waals surface area (Å²) in [7, 11) is 2.96. The number of aryl methyl sites for hydroxylation is 2. The van der Waals surface area contributed by atoms with E-state index in [2.05, 4.69) is 15.2 Å². The highest BCUT2D eigenvalue weighted by molar-refractivity contribution is 6.05. The molecule has 0 radical (unpaired) electrons. The molecule has 0 spiro atoms. The zero-order valence-corrected chi connectivity index (χ0v) is 16.2. The molecule has 1 N–H and O–H groups in total. The third-order valence-corrected chi connectivity index (χ3v) is 5.17. The summed E-state index contributed by atoms with van der Waals surface area (Å²) >= 11 is 0. The number of piperidine rings is 1. The summed E-state index contributed by atoms with van der Waals surface area (Å²) < 4.78 is 2.31. The van der Waals surface area contributed by atoms with Gasteiger partial charge in [-0.1, -0.05) is 6.42 Å². The zero-order valence-electron chi connectivity index (χ0n) is 16.2. The van der Waals surface area contributed by atoms with Gasteiger partial charge in [0.15, 0.2) is 0 Å². The van der Waals surface area contributed by atoms with Crippen LogP contribution in [-0.4, -0.2) is 51.1 Å². The minimum absolute atomic E-state index is 0.179. The van der Waals surface area contributed by atoms with E-state index in [1.54, 1.807) is 20.0 Å². The van der Waals surface area contributed by atoms with Crippen molar-refractivity contribution in [2.24, 2.45) is 14.1 Å². The summed E-state index contributed by atoms with van der Waals surface area (Å²) in [5, 5.41) is 3.09. The van der Waals surface area contributed by atoms with Gasteiger partial charge >= 0.3 is 5.69 Å². The lowest BCUT2D eigenvalue weighted by molar-refractivity contribution is 0.0952. The molecule has 3 heterocycles. The molecule has 2 aromatic heterocycles. The summed E-state index contributed by atoms with van der Waals surface area (Å²) in [6.45, 7) is 5.52. The SMILES string of the molecule is Cc1cc(C(=O)NCCCN2CCCCC2)c2c(=O)n(C)c(=O)n(C)c2n1. The van der Waals surface area contributed by atoms with Gasteiger partial charge in [0.25, 0.3) is 11.5 Å². The quantitative estimate of drug-likeness (QED) is 0.773. The van der Waals surface area contributed by atoms with Gasteiger partial charge in [-0.25, -0.2) is 9.78 Å².